The molecule has 0 radical (unpaired) electrons. The first-order chi connectivity index (χ1) is 5.11. The molecule has 0 saturated carbocycles. The Morgan fingerprint density at radius 1 is 1.18 bits per heavy atom. The van der Waals surface area contributed by atoms with Gasteiger partial charge >= 0.3 is 0 Å². The van der Waals surface area contributed by atoms with Gasteiger partial charge in [0.15, 0.2) is 0 Å². The van der Waals surface area contributed by atoms with E-state index in [2.05, 4.69) is 20.8 Å². The van der Waals surface area contributed by atoms with Gasteiger partial charge < -0.3 is 5.11 Å². The first kappa shape index (κ1) is 11.3. The van der Waals surface area contributed by atoms with Crippen LogP contribution in [0.2, 0.25) is 0 Å². The minimum Gasteiger partial charge on any atom is -0.392 e. The van der Waals surface area contributed by atoms with Gasteiger partial charge in [-0.25, -0.2) is 0 Å². The molecule has 0 aliphatic heterocycles. The molecule has 11 heavy (non-hydrogen) atoms. The number of aliphatic hydroxyl groups excluding tert-OH is 1. The van der Waals surface area contributed by atoms with E-state index in [1.807, 2.05) is 18.7 Å². The lowest BCUT2D eigenvalue weighted by molar-refractivity contribution is 0.196. The summed E-state index contributed by atoms with van der Waals surface area (Å²) in [7, 11) is 0. The van der Waals surface area contributed by atoms with Crippen molar-refractivity contribution < 1.29 is 5.11 Å². The van der Waals surface area contributed by atoms with Crippen LogP contribution in [0, 0.1) is 0 Å². The Balaban J connectivity index is 3.62. The molecule has 0 rings (SSSR count). The number of rotatable bonds is 5. The SMILES string of the molecule is CCC(CC)SC(C)C(C)O. The molecular formula is C9H20OS. The molecule has 0 heterocycles. The van der Waals surface area contributed by atoms with E-state index in [1.54, 1.807) is 0 Å². The number of hydrogen-bond donors (Lipinski definition) is 1. The fourth-order valence-electron chi connectivity index (χ4n) is 0.898. The Bertz CT molecular complexity index is 89.6. The van der Waals surface area contributed by atoms with Crippen molar-refractivity contribution in [3.05, 3.63) is 0 Å². The minimum atomic E-state index is -0.180. The summed E-state index contributed by atoms with van der Waals surface area (Å²) in [5, 5.41) is 10.3. The second kappa shape index (κ2) is 5.90. The lowest BCUT2D eigenvalue weighted by Crippen LogP contribution is -2.18. The number of thioether (sulfide) groups is 1. The topological polar surface area (TPSA) is 20.2 Å². The maximum absolute atomic E-state index is 9.24. The third kappa shape index (κ3) is 4.70. The van der Waals surface area contributed by atoms with Crippen LogP contribution in [0.4, 0.5) is 0 Å². The van der Waals surface area contributed by atoms with Gasteiger partial charge in [-0.15, -0.1) is 0 Å². The van der Waals surface area contributed by atoms with Crippen LogP contribution in [0.1, 0.15) is 40.5 Å². The molecule has 1 nitrogen and oxygen atoms in total. The minimum absolute atomic E-state index is 0.180. The van der Waals surface area contributed by atoms with Crippen LogP contribution < -0.4 is 0 Å². The van der Waals surface area contributed by atoms with E-state index in [1.165, 1.54) is 12.8 Å². The molecule has 0 aliphatic carbocycles. The predicted octanol–water partition coefficient (Wildman–Crippen LogP) is 2.68. The van der Waals surface area contributed by atoms with Gasteiger partial charge in [0, 0.05) is 10.5 Å². The molecular weight excluding hydrogens is 156 g/mol. The molecule has 0 aliphatic rings. The summed E-state index contributed by atoms with van der Waals surface area (Å²) in [5.74, 6) is 0. The molecule has 2 heteroatoms. The summed E-state index contributed by atoms with van der Waals surface area (Å²) in [6, 6.07) is 0. The summed E-state index contributed by atoms with van der Waals surface area (Å²) >= 11 is 1.90. The molecule has 0 bridgehead atoms. The van der Waals surface area contributed by atoms with Gasteiger partial charge in [0.2, 0.25) is 0 Å². The zero-order valence-corrected chi connectivity index (χ0v) is 8.82. The molecule has 0 aromatic rings. The van der Waals surface area contributed by atoms with Crippen LogP contribution in [-0.4, -0.2) is 21.7 Å². The highest BCUT2D eigenvalue weighted by Gasteiger charge is 2.13. The maximum atomic E-state index is 9.24. The highest BCUT2D eigenvalue weighted by molar-refractivity contribution is 8.00. The summed E-state index contributed by atoms with van der Waals surface area (Å²) in [5.41, 5.74) is 0. The Kier molecular flexibility index (Phi) is 6.06. The number of aliphatic hydroxyl groups is 1. The molecule has 0 saturated heterocycles. The lowest BCUT2D eigenvalue weighted by atomic mass is 10.3. The third-order valence-electron chi connectivity index (χ3n) is 2.00. The fourth-order valence-corrected chi connectivity index (χ4v) is 2.12. The smallest absolute Gasteiger partial charge is 0.0628 e. The zero-order valence-electron chi connectivity index (χ0n) is 8.00. The predicted molar refractivity (Wildman–Crippen MR) is 53.1 cm³/mol. The van der Waals surface area contributed by atoms with Crippen molar-refractivity contribution >= 4 is 11.8 Å². The molecule has 0 fully saturated rings. The maximum Gasteiger partial charge on any atom is 0.0628 e. The van der Waals surface area contributed by atoms with Gasteiger partial charge in [-0.1, -0.05) is 20.8 Å². The molecule has 1 N–H and O–H groups in total. The van der Waals surface area contributed by atoms with Gasteiger partial charge in [0.05, 0.1) is 6.10 Å². The van der Waals surface area contributed by atoms with Gasteiger partial charge in [0.25, 0.3) is 0 Å². The fraction of sp³-hybridized carbons (Fsp3) is 1.00. The standard InChI is InChI=1S/C9H20OS/c1-5-9(6-2)11-8(4)7(3)10/h7-10H,5-6H2,1-4H3. The Hall–Kier alpha value is 0.310. The molecule has 0 aromatic heterocycles. The van der Waals surface area contributed by atoms with Crippen LogP contribution in [-0.2, 0) is 0 Å². The average molecular weight is 176 g/mol. The van der Waals surface area contributed by atoms with Crippen LogP contribution in [0.25, 0.3) is 0 Å². The Labute approximate surface area is 74.6 Å². The van der Waals surface area contributed by atoms with Gasteiger partial charge in [0.1, 0.15) is 0 Å². The Morgan fingerprint density at radius 3 is 1.91 bits per heavy atom. The van der Waals surface area contributed by atoms with Crippen molar-refractivity contribution in [3.8, 4) is 0 Å². The first-order valence-electron chi connectivity index (χ1n) is 4.45. The molecule has 0 amide bonds. The van der Waals surface area contributed by atoms with E-state index in [-0.39, 0.29) is 6.10 Å². The Morgan fingerprint density at radius 2 is 1.64 bits per heavy atom. The zero-order chi connectivity index (χ0) is 8.85. The van der Waals surface area contributed by atoms with E-state index in [0.717, 1.165) is 5.25 Å². The first-order valence-corrected chi connectivity index (χ1v) is 5.39. The number of hydrogen-bond acceptors (Lipinski definition) is 2. The quantitative estimate of drug-likeness (QED) is 0.695. The third-order valence-corrected chi connectivity index (χ3v) is 3.87. The second-order valence-electron chi connectivity index (χ2n) is 3.02. The highest BCUT2D eigenvalue weighted by Crippen LogP contribution is 2.24. The van der Waals surface area contributed by atoms with Crippen LogP contribution in [0.3, 0.4) is 0 Å². The van der Waals surface area contributed by atoms with Gasteiger partial charge in [-0.2, -0.15) is 11.8 Å². The summed E-state index contributed by atoms with van der Waals surface area (Å²) in [4.78, 5) is 0. The summed E-state index contributed by atoms with van der Waals surface area (Å²) in [6.45, 7) is 8.36. The van der Waals surface area contributed by atoms with Crippen molar-refractivity contribution in [2.45, 2.75) is 57.1 Å². The van der Waals surface area contributed by atoms with E-state index in [4.69, 9.17) is 0 Å². The molecule has 68 valence electrons. The van der Waals surface area contributed by atoms with Crippen LogP contribution >= 0.6 is 11.8 Å². The summed E-state index contributed by atoms with van der Waals surface area (Å²) in [6.07, 6.45) is 2.23. The van der Waals surface area contributed by atoms with E-state index in [0.29, 0.717) is 5.25 Å². The normalized spacial score (nSPS) is 16.9. The van der Waals surface area contributed by atoms with Crippen molar-refractivity contribution in [2.24, 2.45) is 0 Å². The van der Waals surface area contributed by atoms with Gasteiger partial charge in [-0.05, 0) is 19.8 Å². The van der Waals surface area contributed by atoms with E-state index in [9.17, 15) is 5.11 Å². The lowest BCUT2D eigenvalue weighted by Gasteiger charge is -2.19. The van der Waals surface area contributed by atoms with E-state index >= 15 is 0 Å². The van der Waals surface area contributed by atoms with Crippen molar-refractivity contribution in [3.63, 3.8) is 0 Å². The van der Waals surface area contributed by atoms with Crippen LogP contribution in [0.15, 0.2) is 0 Å². The molecule has 0 aromatic carbocycles. The van der Waals surface area contributed by atoms with Crippen molar-refractivity contribution in [1.29, 1.82) is 0 Å². The highest BCUT2D eigenvalue weighted by atomic mass is 32.2. The largest absolute Gasteiger partial charge is 0.392 e. The summed E-state index contributed by atoms with van der Waals surface area (Å²) < 4.78 is 0. The van der Waals surface area contributed by atoms with E-state index < -0.39 is 0 Å². The molecule has 2 atom stereocenters. The monoisotopic (exact) mass is 176 g/mol. The average Bonchev–Trinajstić information content (AvgIpc) is 1.99. The van der Waals surface area contributed by atoms with Crippen molar-refractivity contribution in [2.75, 3.05) is 0 Å². The molecule has 2 unspecified atom stereocenters. The van der Waals surface area contributed by atoms with Crippen LogP contribution in [0.5, 0.6) is 0 Å². The molecule has 0 spiro atoms. The second-order valence-corrected chi connectivity index (χ2v) is 4.70. The van der Waals surface area contributed by atoms with Gasteiger partial charge in [-0.3, -0.25) is 0 Å². The van der Waals surface area contributed by atoms with Crippen molar-refractivity contribution in [1.82, 2.24) is 0 Å².